The number of halogens is 2. The molecule has 2 aromatic rings. The summed E-state index contributed by atoms with van der Waals surface area (Å²) in [5.41, 5.74) is 3.16. The molecule has 0 aliphatic carbocycles. The van der Waals surface area contributed by atoms with Crippen molar-refractivity contribution in [2.24, 2.45) is 0 Å². The molecule has 3 atom stereocenters. The molecule has 3 aliphatic rings. The Morgan fingerprint density at radius 2 is 1.64 bits per heavy atom. The minimum atomic E-state index is -0.227. The van der Waals surface area contributed by atoms with E-state index in [1.165, 1.54) is 44.5 Å². The van der Waals surface area contributed by atoms with Gasteiger partial charge >= 0.3 is 0 Å². The van der Waals surface area contributed by atoms with Crippen LogP contribution in [0.25, 0.3) is 0 Å². The Morgan fingerprint density at radius 3 is 2.39 bits per heavy atom. The number of fused-ring (bicyclic) bond motifs is 3. The third-order valence-electron chi connectivity index (χ3n) is 7.78. The zero-order valence-corrected chi connectivity index (χ0v) is 19.6. The van der Waals surface area contributed by atoms with Gasteiger partial charge in [0.15, 0.2) is 0 Å². The van der Waals surface area contributed by atoms with E-state index >= 15 is 0 Å². The minimum Gasteiger partial charge on any atom is -0.337 e. The third kappa shape index (κ3) is 4.93. The van der Waals surface area contributed by atoms with Crippen molar-refractivity contribution in [3.63, 3.8) is 0 Å². The summed E-state index contributed by atoms with van der Waals surface area (Å²) in [4.78, 5) is 7.48. The van der Waals surface area contributed by atoms with Crippen molar-refractivity contribution in [3.05, 3.63) is 59.7 Å². The lowest BCUT2D eigenvalue weighted by atomic mass is 9.89. The molecule has 3 aliphatic heterocycles. The SMILES string of the molecule is CCC1CN(CCCCN2CCC3C(C2)c2cc(F)ccc2N3c2ccc(F)cc2)CCN1. The van der Waals surface area contributed by atoms with Crippen LogP contribution in [0.5, 0.6) is 0 Å². The van der Waals surface area contributed by atoms with Gasteiger partial charge in [0, 0.05) is 62.1 Å². The summed E-state index contributed by atoms with van der Waals surface area (Å²) >= 11 is 0. The number of nitrogens with one attached hydrogen (secondary N) is 1. The smallest absolute Gasteiger partial charge is 0.123 e. The predicted octanol–water partition coefficient (Wildman–Crippen LogP) is 4.74. The van der Waals surface area contributed by atoms with Crippen LogP contribution in [-0.4, -0.2) is 67.7 Å². The fourth-order valence-corrected chi connectivity index (χ4v) is 6.02. The Balaban J connectivity index is 1.21. The maximum Gasteiger partial charge on any atom is 0.123 e. The lowest BCUT2D eigenvalue weighted by Gasteiger charge is -2.39. The normalized spacial score (nSPS) is 25.8. The first-order valence-electron chi connectivity index (χ1n) is 12.6. The predicted molar refractivity (Wildman–Crippen MR) is 130 cm³/mol. The van der Waals surface area contributed by atoms with Gasteiger partial charge in [0.25, 0.3) is 0 Å². The largest absolute Gasteiger partial charge is 0.337 e. The molecule has 0 spiro atoms. The Bertz CT molecular complexity index is 934. The number of rotatable bonds is 7. The molecule has 2 aromatic carbocycles. The molecule has 178 valence electrons. The first-order valence-corrected chi connectivity index (χ1v) is 12.6. The van der Waals surface area contributed by atoms with E-state index in [4.69, 9.17) is 0 Å². The summed E-state index contributed by atoms with van der Waals surface area (Å²) in [5.74, 6) is -0.116. The van der Waals surface area contributed by atoms with E-state index in [0.717, 1.165) is 56.1 Å². The molecule has 6 heteroatoms. The summed E-state index contributed by atoms with van der Waals surface area (Å²) in [6.45, 7) is 10.0. The highest BCUT2D eigenvalue weighted by molar-refractivity contribution is 5.73. The quantitative estimate of drug-likeness (QED) is 0.610. The zero-order chi connectivity index (χ0) is 22.8. The van der Waals surface area contributed by atoms with Gasteiger partial charge < -0.3 is 20.0 Å². The van der Waals surface area contributed by atoms with Crippen LogP contribution < -0.4 is 10.2 Å². The van der Waals surface area contributed by atoms with Crippen molar-refractivity contribution in [2.45, 2.75) is 50.6 Å². The van der Waals surface area contributed by atoms with E-state index in [1.54, 1.807) is 12.1 Å². The minimum absolute atomic E-state index is 0.174. The van der Waals surface area contributed by atoms with Gasteiger partial charge in [-0.2, -0.15) is 0 Å². The third-order valence-corrected chi connectivity index (χ3v) is 7.78. The van der Waals surface area contributed by atoms with Crippen LogP contribution in [0.15, 0.2) is 42.5 Å². The van der Waals surface area contributed by atoms with Gasteiger partial charge in [-0.1, -0.05) is 6.92 Å². The second-order valence-electron chi connectivity index (χ2n) is 9.88. The fraction of sp³-hybridized carbons (Fsp3) is 0.556. The van der Waals surface area contributed by atoms with E-state index in [0.29, 0.717) is 12.1 Å². The molecular formula is C27H36F2N4. The molecule has 0 bridgehead atoms. The summed E-state index contributed by atoms with van der Waals surface area (Å²) in [7, 11) is 0. The van der Waals surface area contributed by atoms with Crippen LogP contribution in [0, 0.1) is 11.6 Å². The summed E-state index contributed by atoms with van der Waals surface area (Å²) in [6, 6.07) is 12.8. The van der Waals surface area contributed by atoms with Crippen LogP contribution in [0.2, 0.25) is 0 Å². The monoisotopic (exact) mass is 454 g/mol. The Morgan fingerprint density at radius 1 is 0.909 bits per heavy atom. The van der Waals surface area contributed by atoms with Gasteiger partial charge in [0.2, 0.25) is 0 Å². The van der Waals surface area contributed by atoms with Crippen LogP contribution >= 0.6 is 0 Å². The van der Waals surface area contributed by atoms with Gasteiger partial charge in [-0.05, 0) is 86.8 Å². The van der Waals surface area contributed by atoms with Crippen molar-refractivity contribution in [1.29, 1.82) is 0 Å². The number of likely N-dealkylation sites (tertiary alicyclic amines) is 1. The lowest BCUT2D eigenvalue weighted by Crippen LogP contribution is -2.50. The maximum atomic E-state index is 14.2. The number of piperidine rings is 1. The summed E-state index contributed by atoms with van der Waals surface area (Å²) < 4.78 is 27.7. The zero-order valence-electron chi connectivity index (χ0n) is 19.6. The van der Waals surface area contributed by atoms with Gasteiger partial charge in [0.05, 0.1) is 0 Å². The highest BCUT2D eigenvalue weighted by Crippen LogP contribution is 2.48. The summed E-state index contributed by atoms with van der Waals surface area (Å²) in [5, 5.41) is 3.59. The van der Waals surface area contributed by atoms with Gasteiger partial charge in [-0.3, -0.25) is 0 Å². The molecule has 5 rings (SSSR count). The van der Waals surface area contributed by atoms with Gasteiger partial charge in [-0.15, -0.1) is 0 Å². The molecule has 4 nitrogen and oxygen atoms in total. The van der Waals surface area contributed by atoms with Crippen molar-refractivity contribution in [1.82, 2.24) is 15.1 Å². The van der Waals surface area contributed by atoms with Crippen molar-refractivity contribution in [3.8, 4) is 0 Å². The van der Waals surface area contributed by atoms with Crippen molar-refractivity contribution >= 4 is 11.4 Å². The number of hydrogen-bond donors (Lipinski definition) is 1. The van der Waals surface area contributed by atoms with E-state index < -0.39 is 0 Å². The molecule has 2 fully saturated rings. The fourth-order valence-electron chi connectivity index (χ4n) is 6.02. The number of unbranched alkanes of at least 4 members (excludes halogenated alkanes) is 1. The molecule has 0 aromatic heterocycles. The van der Waals surface area contributed by atoms with E-state index in [-0.39, 0.29) is 17.6 Å². The molecule has 0 radical (unpaired) electrons. The topological polar surface area (TPSA) is 21.8 Å². The first-order chi connectivity index (χ1) is 16.1. The standard InChI is InChI=1S/C27H36F2N4/c1-2-22-18-32(16-12-30-22)14-4-3-13-31-15-11-27-25(19-31)24-17-21(29)7-10-26(24)33(27)23-8-5-20(28)6-9-23/h5-10,17,22,25,27,30H,2-4,11-16,18-19H2,1H3. The second kappa shape index (κ2) is 10.1. The molecular weight excluding hydrogens is 418 g/mol. The average Bonchev–Trinajstić information content (AvgIpc) is 3.15. The van der Waals surface area contributed by atoms with Crippen molar-refractivity contribution < 1.29 is 8.78 Å². The number of piperazine rings is 1. The van der Waals surface area contributed by atoms with E-state index in [9.17, 15) is 8.78 Å². The second-order valence-corrected chi connectivity index (χ2v) is 9.88. The Kier molecular flexibility index (Phi) is 6.95. The molecule has 33 heavy (non-hydrogen) atoms. The lowest BCUT2D eigenvalue weighted by molar-refractivity contribution is 0.174. The molecule has 3 heterocycles. The number of benzene rings is 2. The number of anilines is 2. The van der Waals surface area contributed by atoms with Gasteiger partial charge in [0.1, 0.15) is 11.6 Å². The maximum absolute atomic E-state index is 14.2. The number of hydrogen-bond acceptors (Lipinski definition) is 4. The molecule has 3 unspecified atom stereocenters. The number of nitrogens with zero attached hydrogens (tertiary/aromatic N) is 3. The molecule has 1 N–H and O–H groups in total. The molecule has 0 amide bonds. The molecule has 2 saturated heterocycles. The summed E-state index contributed by atoms with van der Waals surface area (Å²) in [6.07, 6.45) is 4.67. The van der Waals surface area contributed by atoms with Crippen LogP contribution in [0.3, 0.4) is 0 Å². The Labute approximate surface area is 196 Å². The Hall–Kier alpha value is -2.02. The van der Waals surface area contributed by atoms with Crippen LogP contribution in [0.1, 0.15) is 44.1 Å². The van der Waals surface area contributed by atoms with E-state index in [2.05, 4.69) is 26.9 Å². The van der Waals surface area contributed by atoms with Gasteiger partial charge in [-0.25, -0.2) is 8.78 Å². The highest BCUT2D eigenvalue weighted by atomic mass is 19.1. The van der Waals surface area contributed by atoms with Crippen molar-refractivity contribution in [2.75, 3.05) is 50.7 Å². The van der Waals surface area contributed by atoms with E-state index in [1.807, 2.05) is 18.2 Å². The van der Waals surface area contributed by atoms with Crippen LogP contribution in [-0.2, 0) is 0 Å². The highest BCUT2D eigenvalue weighted by Gasteiger charge is 2.42. The average molecular weight is 455 g/mol. The van der Waals surface area contributed by atoms with Crippen LogP contribution in [0.4, 0.5) is 20.2 Å². The first kappa shape index (κ1) is 22.8. The molecule has 0 saturated carbocycles.